The lowest BCUT2D eigenvalue weighted by atomic mass is 10.0. The van der Waals surface area contributed by atoms with Crippen LogP contribution in [-0.2, 0) is 0 Å². The molecule has 0 aliphatic carbocycles. The SMILES string of the molecule is COc1ccc2ccc(C#N)cc2c1Nc1ncccn1. The van der Waals surface area contributed by atoms with Gasteiger partial charge in [-0.3, -0.25) is 0 Å². The number of aromatic nitrogens is 2. The van der Waals surface area contributed by atoms with E-state index < -0.39 is 0 Å². The van der Waals surface area contributed by atoms with E-state index in [1.807, 2.05) is 24.3 Å². The van der Waals surface area contributed by atoms with Crippen molar-refractivity contribution in [1.29, 1.82) is 5.26 Å². The first-order valence-electron chi connectivity index (χ1n) is 6.36. The number of hydrogen-bond acceptors (Lipinski definition) is 5. The lowest BCUT2D eigenvalue weighted by Gasteiger charge is -2.13. The fourth-order valence-corrected chi connectivity index (χ4v) is 2.14. The number of ether oxygens (including phenoxy) is 1. The molecule has 2 aromatic carbocycles. The second-order valence-corrected chi connectivity index (χ2v) is 4.39. The summed E-state index contributed by atoms with van der Waals surface area (Å²) in [7, 11) is 1.60. The van der Waals surface area contributed by atoms with Crippen molar-refractivity contribution < 1.29 is 4.74 Å². The van der Waals surface area contributed by atoms with Crippen LogP contribution in [0.25, 0.3) is 10.8 Å². The van der Waals surface area contributed by atoms with Crippen LogP contribution in [0.4, 0.5) is 11.6 Å². The molecular formula is C16H12N4O. The fraction of sp³-hybridized carbons (Fsp3) is 0.0625. The van der Waals surface area contributed by atoms with Crippen LogP contribution in [0.3, 0.4) is 0 Å². The third-order valence-corrected chi connectivity index (χ3v) is 3.13. The molecule has 1 heterocycles. The Balaban J connectivity index is 2.20. The number of nitriles is 1. The van der Waals surface area contributed by atoms with Crippen LogP contribution in [0, 0.1) is 11.3 Å². The molecular weight excluding hydrogens is 264 g/mol. The van der Waals surface area contributed by atoms with Gasteiger partial charge in [-0.05, 0) is 29.7 Å². The highest BCUT2D eigenvalue weighted by molar-refractivity contribution is 5.98. The van der Waals surface area contributed by atoms with Crippen molar-refractivity contribution in [2.24, 2.45) is 0 Å². The van der Waals surface area contributed by atoms with E-state index in [1.54, 1.807) is 31.6 Å². The Kier molecular flexibility index (Phi) is 3.36. The molecule has 21 heavy (non-hydrogen) atoms. The van der Waals surface area contributed by atoms with Gasteiger partial charge in [-0.15, -0.1) is 0 Å². The standard InChI is InChI=1S/C16H12N4O/c1-21-14-6-5-12-4-3-11(10-17)9-13(12)15(14)20-16-18-7-2-8-19-16/h2-9H,1H3,(H,18,19,20). The number of methoxy groups -OCH3 is 1. The molecule has 3 rings (SSSR count). The Morgan fingerprint density at radius 1 is 1.14 bits per heavy atom. The molecule has 0 unspecified atom stereocenters. The summed E-state index contributed by atoms with van der Waals surface area (Å²) < 4.78 is 5.40. The van der Waals surface area contributed by atoms with E-state index in [9.17, 15) is 0 Å². The zero-order valence-corrected chi connectivity index (χ0v) is 11.4. The number of anilines is 2. The van der Waals surface area contributed by atoms with E-state index in [0.717, 1.165) is 16.5 Å². The van der Waals surface area contributed by atoms with Gasteiger partial charge in [-0.25, -0.2) is 9.97 Å². The highest BCUT2D eigenvalue weighted by Gasteiger charge is 2.10. The average Bonchev–Trinajstić information content (AvgIpc) is 2.55. The molecule has 5 nitrogen and oxygen atoms in total. The number of nitrogens with zero attached hydrogens (tertiary/aromatic N) is 3. The van der Waals surface area contributed by atoms with Gasteiger partial charge in [-0.1, -0.05) is 12.1 Å². The van der Waals surface area contributed by atoms with Gasteiger partial charge in [0.05, 0.1) is 24.4 Å². The summed E-state index contributed by atoms with van der Waals surface area (Å²) in [6, 6.07) is 13.2. The largest absolute Gasteiger partial charge is 0.495 e. The van der Waals surface area contributed by atoms with Crippen molar-refractivity contribution >= 4 is 22.4 Å². The number of nitrogens with one attached hydrogen (secondary N) is 1. The van der Waals surface area contributed by atoms with Gasteiger partial charge in [0.15, 0.2) is 0 Å². The molecule has 0 aliphatic heterocycles. The Hall–Kier alpha value is -3.13. The number of hydrogen-bond donors (Lipinski definition) is 1. The van der Waals surface area contributed by atoms with Crippen molar-refractivity contribution in [1.82, 2.24) is 9.97 Å². The first kappa shape index (κ1) is 12.9. The van der Waals surface area contributed by atoms with E-state index in [-0.39, 0.29) is 0 Å². The molecule has 0 fully saturated rings. The first-order chi connectivity index (χ1) is 10.3. The third-order valence-electron chi connectivity index (χ3n) is 3.13. The predicted octanol–water partition coefficient (Wildman–Crippen LogP) is 3.25. The smallest absolute Gasteiger partial charge is 0.227 e. The molecule has 0 radical (unpaired) electrons. The van der Waals surface area contributed by atoms with Crippen molar-refractivity contribution in [2.45, 2.75) is 0 Å². The topological polar surface area (TPSA) is 70.8 Å². The van der Waals surface area contributed by atoms with E-state index in [1.165, 1.54) is 0 Å². The molecule has 0 saturated heterocycles. The van der Waals surface area contributed by atoms with E-state index in [4.69, 9.17) is 10.00 Å². The summed E-state index contributed by atoms with van der Waals surface area (Å²) in [5.41, 5.74) is 1.34. The molecule has 5 heteroatoms. The monoisotopic (exact) mass is 276 g/mol. The quantitative estimate of drug-likeness (QED) is 0.795. The molecule has 102 valence electrons. The van der Waals surface area contributed by atoms with Gasteiger partial charge in [0, 0.05) is 17.8 Å². The Labute approximate surface area is 121 Å². The van der Waals surface area contributed by atoms with Crippen LogP contribution in [0.2, 0.25) is 0 Å². The van der Waals surface area contributed by atoms with Crippen LogP contribution < -0.4 is 10.1 Å². The third kappa shape index (κ3) is 2.47. The normalized spacial score (nSPS) is 10.1. The van der Waals surface area contributed by atoms with Crippen molar-refractivity contribution in [3.8, 4) is 11.8 Å². The van der Waals surface area contributed by atoms with Crippen molar-refractivity contribution in [3.63, 3.8) is 0 Å². The lowest BCUT2D eigenvalue weighted by molar-refractivity contribution is 0.417. The number of rotatable bonds is 3. The Morgan fingerprint density at radius 3 is 2.62 bits per heavy atom. The predicted molar refractivity (Wildman–Crippen MR) is 80.5 cm³/mol. The molecule has 1 N–H and O–H groups in total. The summed E-state index contributed by atoms with van der Waals surface area (Å²) in [6.45, 7) is 0. The fourth-order valence-electron chi connectivity index (χ4n) is 2.14. The molecule has 0 atom stereocenters. The maximum absolute atomic E-state index is 9.08. The molecule has 0 aliphatic rings. The zero-order valence-electron chi connectivity index (χ0n) is 11.4. The minimum absolute atomic E-state index is 0.477. The van der Waals surface area contributed by atoms with E-state index in [0.29, 0.717) is 17.3 Å². The van der Waals surface area contributed by atoms with Crippen LogP contribution >= 0.6 is 0 Å². The Bertz CT molecular complexity index is 825. The van der Waals surface area contributed by atoms with Crippen LogP contribution in [-0.4, -0.2) is 17.1 Å². The molecule has 0 saturated carbocycles. The average molecular weight is 276 g/mol. The molecule has 0 spiro atoms. The summed E-state index contributed by atoms with van der Waals surface area (Å²) >= 11 is 0. The maximum Gasteiger partial charge on any atom is 0.227 e. The van der Waals surface area contributed by atoms with Gasteiger partial charge < -0.3 is 10.1 Å². The summed E-state index contributed by atoms with van der Waals surface area (Å²) in [5, 5.41) is 14.1. The zero-order chi connectivity index (χ0) is 14.7. The number of benzene rings is 2. The van der Waals surface area contributed by atoms with E-state index >= 15 is 0 Å². The summed E-state index contributed by atoms with van der Waals surface area (Å²) in [5.74, 6) is 1.15. The lowest BCUT2D eigenvalue weighted by Crippen LogP contribution is -1.99. The van der Waals surface area contributed by atoms with Gasteiger partial charge >= 0.3 is 0 Å². The minimum atomic E-state index is 0.477. The highest BCUT2D eigenvalue weighted by Crippen LogP contribution is 2.35. The van der Waals surface area contributed by atoms with Crippen molar-refractivity contribution in [3.05, 3.63) is 54.4 Å². The van der Waals surface area contributed by atoms with Gasteiger partial charge in [0.25, 0.3) is 0 Å². The van der Waals surface area contributed by atoms with Gasteiger partial charge in [0.1, 0.15) is 5.75 Å². The second-order valence-electron chi connectivity index (χ2n) is 4.39. The summed E-state index contributed by atoms with van der Waals surface area (Å²) in [6.07, 6.45) is 3.32. The maximum atomic E-state index is 9.08. The highest BCUT2D eigenvalue weighted by atomic mass is 16.5. The molecule has 0 bridgehead atoms. The van der Waals surface area contributed by atoms with Gasteiger partial charge in [-0.2, -0.15) is 5.26 Å². The van der Waals surface area contributed by atoms with Gasteiger partial charge in [0.2, 0.25) is 5.95 Å². The van der Waals surface area contributed by atoms with E-state index in [2.05, 4.69) is 21.4 Å². The second kappa shape index (κ2) is 5.47. The Morgan fingerprint density at radius 2 is 1.90 bits per heavy atom. The number of fused-ring (bicyclic) bond motifs is 1. The first-order valence-corrected chi connectivity index (χ1v) is 6.36. The van der Waals surface area contributed by atoms with Crippen molar-refractivity contribution in [2.75, 3.05) is 12.4 Å². The molecule has 3 aromatic rings. The molecule has 0 amide bonds. The van der Waals surface area contributed by atoms with Crippen LogP contribution in [0.15, 0.2) is 48.8 Å². The van der Waals surface area contributed by atoms with Crippen LogP contribution in [0.1, 0.15) is 5.56 Å². The van der Waals surface area contributed by atoms with Crippen LogP contribution in [0.5, 0.6) is 5.75 Å². The molecule has 1 aromatic heterocycles. The minimum Gasteiger partial charge on any atom is -0.495 e. The summed E-state index contributed by atoms with van der Waals surface area (Å²) in [4.78, 5) is 8.31.